The minimum absolute atomic E-state index is 0.0933. The minimum Gasteiger partial charge on any atom is -0.467 e. The SMILES string of the molecule is CN=C(NCc1cc(F)cc2c1OCOC2)N1CCC(CC(=O)NC)CC1. The van der Waals surface area contributed by atoms with Crippen LogP contribution in [0.25, 0.3) is 0 Å². The predicted octanol–water partition coefficient (Wildman–Crippen LogP) is 1.62. The average Bonchev–Trinajstić information content (AvgIpc) is 2.69. The van der Waals surface area contributed by atoms with Gasteiger partial charge in [0.2, 0.25) is 5.91 Å². The molecule has 1 saturated heterocycles. The van der Waals surface area contributed by atoms with Crippen molar-refractivity contribution in [1.29, 1.82) is 0 Å². The van der Waals surface area contributed by atoms with E-state index in [1.54, 1.807) is 14.1 Å². The van der Waals surface area contributed by atoms with Crippen molar-refractivity contribution in [3.05, 3.63) is 29.1 Å². The summed E-state index contributed by atoms with van der Waals surface area (Å²) < 4.78 is 24.7. The molecule has 0 radical (unpaired) electrons. The molecule has 0 atom stereocenters. The largest absolute Gasteiger partial charge is 0.467 e. The molecule has 0 saturated carbocycles. The van der Waals surface area contributed by atoms with Gasteiger partial charge in [-0.05, 0) is 30.9 Å². The van der Waals surface area contributed by atoms with E-state index in [0.29, 0.717) is 31.2 Å². The maximum Gasteiger partial charge on any atom is 0.220 e. The number of likely N-dealkylation sites (tertiary alicyclic amines) is 1. The Morgan fingerprint density at radius 2 is 2.15 bits per heavy atom. The van der Waals surface area contributed by atoms with Gasteiger partial charge in [0.1, 0.15) is 11.6 Å². The molecule has 2 aliphatic heterocycles. The predicted molar refractivity (Wildman–Crippen MR) is 99.9 cm³/mol. The highest BCUT2D eigenvalue weighted by molar-refractivity contribution is 5.80. The lowest BCUT2D eigenvalue weighted by Gasteiger charge is -2.34. The topological polar surface area (TPSA) is 75.2 Å². The number of benzene rings is 1. The number of carbonyl (C=O) groups is 1. The maximum absolute atomic E-state index is 13.9. The van der Waals surface area contributed by atoms with Gasteiger partial charge in [-0.25, -0.2) is 4.39 Å². The standard InChI is InChI=1S/C19H27FN4O3/c1-21-17(25)7-13-3-5-24(6-4-13)19(22-2)23-10-14-8-16(20)9-15-11-26-12-27-18(14)15/h8-9,13H,3-7,10-12H2,1-2H3,(H,21,25)(H,22,23). The Morgan fingerprint density at radius 1 is 1.37 bits per heavy atom. The van der Waals surface area contributed by atoms with Crippen LogP contribution in [-0.4, -0.2) is 50.7 Å². The van der Waals surface area contributed by atoms with Crippen molar-refractivity contribution >= 4 is 11.9 Å². The summed E-state index contributed by atoms with van der Waals surface area (Å²) in [4.78, 5) is 18.1. The Kier molecular flexibility index (Phi) is 6.49. The zero-order valence-electron chi connectivity index (χ0n) is 15.9. The molecule has 148 valence electrons. The molecule has 2 heterocycles. The molecule has 2 aliphatic rings. The first-order chi connectivity index (χ1) is 13.1. The monoisotopic (exact) mass is 378 g/mol. The lowest BCUT2D eigenvalue weighted by molar-refractivity contribution is -0.121. The lowest BCUT2D eigenvalue weighted by Crippen LogP contribution is -2.45. The summed E-state index contributed by atoms with van der Waals surface area (Å²) in [6.45, 7) is 2.64. The molecule has 1 fully saturated rings. The molecule has 7 nitrogen and oxygen atoms in total. The molecule has 2 N–H and O–H groups in total. The van der Waals surface area contributed by atoms with Crippen molar-refractivity contribution < 1.29 is 18.7 Å². The number of guanidine groups is 1. The van der Waals surface area contributed by atoms with E-state index in [9.17, 15) is 9.18 Å². The van der Waals surface area contributed by atoms with E-state index in [2.05, 4.69) is 20.5 Å². The number of aliphatic imine (C=N–C) groups is 1. The molecule has 0 unspecified atom stereocenters. The first kappa shape index (κ1) is 19.4. The minimum atomic E-state index is -0.301. The first-order valence-corrected chi connectivity index (χ1v) is 9.28. The second kappa shape index (κ2) is 9.03. The Hall–Kier alpha value is -2.35. The van der Waals surface area contributed by atoms with Crippen LogP contribution in [0.5, 0.6) is 5.75 Å². The van der Waals surface area contributed by atoms with Gasteiger partial charge < -0.3 is 25.0 Å². The van der Waals surface area contributed by atoms with Crippen LogP contribution >= 0.6 is 0 Å². The number of nitrogens with one attached hydrogen (secondary N) is 2. The molecule has 1 amide bonds. The second-order valence-corrected chi connectivity index (χ2v) is 6.87. The van der Waals surface area contributed by atoms with Crippen molar-refractivity contribution in [2.45, 2.75) is 32.4 Å². The van der Waals surface area contributed by atoms with Crippen LogP contribution in [0.1, 0.15) is 30.4 Å². The number of fused-ring (bicyclic) bond motifs is 1. The molecular weight excluding hydrogens is 351 g/mol. The molecule has 8 heteroatoms. The van der Waals surface area contributed by atoms with Gasteiger partial charge in [-0.2, -0.15) is 0 Å². The highest BCUT2D eigenvalue weighted by atomic mass is 19.1. The molecule has 0 spiro atoms. The van der Waals surface area contributed by atoms with Gasteiger partial charge in [-0.3, -0.25) is 9.79 Å². The van der Waals surface area contributed by atoms with E-state index in [0.717, 1.165) is 43.0 Å². The van der Waals surface area contributed by atoms with E-state index < -0.39 is 0 Å². The van der Waals surface area contributed by atoms with Crippen molar-refractivity contribution in [3.8, 4) is 5.75 Å². The second-order valence-electron chi connectivity index (χ2n) is 6.87. The lowest BCUT2D eigenvalue weighted by atomic mass is 9.93. The van der Waals surface area contributed by atoms with Crippen LogP contribution < -0.4 is 15.4 Å². The Bertz CT molecular complexity index is 702. The smallest absolute Gasteiger partial charge is 0.220 e. The van der Waals surface area contributed by atoms with Crippen LogP contribution in [0.2, 0.25) is 0 Å². The highest BCUT2D eigenvalue weighted by Gasteiger charge is 2.23. The summed E-state index contributed by atoms with van der Waals surface area (Å²) in [6.07, 6.45) is 2.47. The summed E-state index contributed by atoms with van der Waals surface area (Å²) in [5, 5.41) is 5.99. The van der Waals surface area contributed by atoms with Crippen LogP contribution in [0, 0.1) is 11.7 Å². The third kappa shape index (κ3) is 4.88. The summed E-state index contributed by atoms with van der Waals surface area (Å²) in [6, 6.07) is 2.93. The molecule has 0 aliphatic carbocycles. The van der Waals surface area contributed by atoms with Crippen LogP contribution in [0.3, 0.4) is 0 Å². The van der Waals surface area contributed by atoms with Crippen LogP contribution in [0.4, 0.5) is 4.39 Å². The molecule has 1 aromatic carbocycles. The third-order valence-electron chi connectivity index (χ3n) is 5.07. The number of ether oxygens (including phenoxy) is 2. The van der Waals surface area contributed by atoms with Gasteiger partial charge in [0.15, 0.2) is 12.8 Å². The van der Waals surface area contributed by atoms with E-state index in [-0.39, 0.29) is 18.5 Å². The molecule has 3 rings (SSSR count). The normalized spacial score (nSPS) is 17.9. The van der Waals surface area contributed by atoms with Crippen molar-refractivity contribution in [2.24, 2.45) is 10.9 Å². The number of amides is 1. The van der Waals surface area contributed by atoms with Gasteiger partial charge >= 0.3 is 0 Å². The van der Waals surface area contributed by atoms with E-state index in [1.165, 1.54) is 12.1 Å². The van der Waals surface area contributed by atoms with Crippen LogP contribution in [-0.2, 0) is 22.7 Å². The zero-order valence-corrected chi connectivity index (χ0v) is 15.9. The van der Waals surface area contributed by atoms with Gasteiger partial charge in [0.25, 0.3) is 0 Å². The quantitative estimate of drug-likeness (QED) is 0.615. The van der Waals surface area contributed by atoms with E-state index in [4.69, 9.17) is 9.47 Å². The summed E-state index contributed by atoms with van der Waals surface area (Å²) in [5.74, 6) is 1.66. The van der Waals surface area contributed by atoms with Gasteiger partial charge in [0, 0.05) is 51.3 Å². The number of piperidine rings is 1. The highest BCUT2D eigenvalue weighted by Crippen LogP contribution is 2.29. The summed E-state index contributed by atoms with van der Waals surface area (Å²) in [5.41, 5.74) is 1.48. The van der Waals surface area contributed by atoms with Crippen molar-refractivity contribution in [3.63, 3.8) is 0 Å². The number of rotatable bonds is 4. The fourth-order valence-corrected chi connectivity index (χ4v) is 3.61. The Morgan fingerprint density at radius 3 is 2.85 bits per heavy atom. The molecular formula is C19H27FN4O3. The molecule has 0 aromatic heterocycles. The van der Waals surface area contributed by atoms with Gasteiger partial charge in [0.05, 0.1) is 6.61 Å². The number of hydrogen-bond donors (Lipinski definition) is 2. The Balaban J connectivity index is 1.58. The number of hydrogen-bond acceptors (Lipinski definition) is 4. The third-order valence-corrected chi connectivity index (χ3v) is 5.07. The average molecular weight is 378 g/mol. The number of halogens is 1. The fraction of sp³-hybridized carbons (Fsp3) is 0.579. The fourth-order valence-electron chi connectivity index (χ4n) is 3.61. The zero-order chi connectivity index (χ0) is 19.2. The van der Waals surface area contributed by atoms with Crippen molar-refractivity contribution in [2.75, 3.05) is 34.0 Å². The molecule has 0 bridgehead atoms. The number of carbonyl (C=O) groups excluding carboxylic acids is 1. The summed E-state index contributed by atoms with van der Waals surface area (Å²) in [7, 11) is 3.41. The maximum atomic E-state index is 13.9. The van der Waals surface area contributed by atoms with Crippen LogP contribution in [0.15, 0.2) is 17.1 Å². The first-order valence-electron chi connectivity index (χ1n) is 9.28. The molecule has 1 aromatic rings. The van der Waals surface area contributed by atoms with Gasteiger partial charge in [-0.1, -0.05) is 0 Å². The van der Waals surface area contributed by atoms with Gasteiger partial charge in [-0.15, -0.1) is 0 Å². The summed E-state index contributed by atoms with van der Waals surface area (Å²) >= 11 is 0. The van der Waals surface area contributed by atoms with Crippen molar-refractivity contribution in [1.82, 2.24) is 15.5 Å². The molecule has 27 heavy (non-hydrogen) atoms. The Labute approximate surface area is 158 Å². The van der Waals surface area contributed by atoms with E-state index >= 15 is 0 Å². The van der Waals surface area contributed by atoms with E-state index in [1.807, 2.05) is 0 Å². The number of nitrogens with zero attached hydrogens (tertiary/aromatic N) is 2.